The summed E-state index contributed by atoms with van der Waals surface area (Å²) in [4.78, 5) is 12.1. The first kappa shape index (κ1) is 17.8. The van der Waals surface area contributed by atoms with E-state index in [0.717, 1.165) is 18.9 Å². The van der Waals surface area contributed by atoms with Crippen LogP contribution in [0.3, 0.4) is 0 Å². The Morgan fingerprint density at radius 1 is 1.30 bits per heavy atom. The summed E-state index contributed by atoms with van der Waals surface area (Å²) < 4.78 is 38.5. The molecule has 1 saturated carbocycles. The monoisotopic (exact) mass is 328 g/mol. The molecule has 1 aromatic rings. The summed E-state index contributed by atoms with van der Waals surface area (Å²) >= 11 is 0. The number of benzene rings is 1. The van der Waals surface area contributed by atoms with Gasteiger partial charge in [0.05, 0.1) is 11.6 Å². The van der Waals surface area contributed by atoms with E-state index >= 15 is 0 Å². The van der Waals surface area contributed by atoms with E-state index < -0.39 is 23.2 Å². The molecule has 3 N–H and O–H groups in total. The lowest BCUT2D eigenvalue weighted by Crippen LogP contribution is -2.50. The molecule has 1 atom stereocenters. The topological polar surface area (TPSA) is 55.1 Å². The molecule has 1 aliphatic rings. The van der Waals surface area contributed by atoms with Crippen molar-refractivity contribution in [2.75, 3.05) is 6.54 Å². The molecule has 128 valence electrons. The molecular formula is C17H23F3N2O. The second kappa shape index (κ2) is 5.82. The van der Waals surface area contributed by atoms with Crippen LogP contribution in [0.4, 0.5) is 13.2 Å². The maximum Gasteiger partial charge on any atom is 0.416 e. The van der Waals surface area contributed by atoms with Crippen molar-refractivity contribution in [3.05, 3.63) is 35.4 Å². The van der Waals surface area contributed by atoms with Gasteiger partial charge in [0, 0.05) is 12.0 Å². The minimum Gasteiger partial charge on any atom is -0.354 e. The van der Waals surface area contributed by atoms with E-state index in [1.165, 1.54) is 12.1 Å². The molecule has 2 rings (SSSR count). The summed E-state index contributed by atoms with van der Waals surface area (Å²) in [5, 5.41) is 2.80. The molecule has 0 aliphatic heterocycles. The van der Waals surface area contributed by atoms with Crippen LogP contribution in [0.5, 0.6) is 0 Å². The largest absolute Gasteiger partial charge is 0.416 e. The molecule has 1 aromatic carbocycles. The summed E-state index contributed by atoms with van der Waals surface area (Å²) in [6.07, 6.45) is -2.83. The van der Waals surface area contributed by atoms with Gasteiger partial charge in [0.2, 0.25) is 5.91 Å². The van der Waals surface area contributed by atoms with Crippen LogP contribution in [-0.2, 0) is 16.4 Å². The maximum absolute atomic E-state index is 12.8. The Morgan fingerprint density at radius 2 is 1.91 bits per heavy atom. The molecule has 1 fully saturated rings. The number of hydrogen-bond acceptors (Lipinski definition) is 2. The SMILES string of the molecule is CC(C)(C)[C@H](N)C(=O)NCC1(c2cccc(C(F)(F)F)c2)CC1. The van der Waals surface area contributed by atoms with E-state index in [1.54, 1.807) is 6.07 Å². The average Bonchev–Trinajstić information content (AvgIpc) is 3.23. The molecule has 0 heterocycles. The lowest BCUT2D eigenvalue weighted by Gasteiger charge is -2.27. The summed E-state index contributed by atoms with van der Waals surface area (Å²) in [6.45, 7) is 5.93. The van der Waals surface area contributed by atoms with Crippen molar-refractivity contribution in [1.82, 2.24) is 5.32 Å². The molecule has 3 nitrogen and oxygen atoms in total. The van der Waals surface area contributed by atoms with Crippen molar-refractivity contribution in [3.63, 3.8) is 0 Å². The molecule has 23 heavy (non-hydrogen) atoms. The Bertz CT molecular complexity index is 586. The van der Waals surface area contributed by atoms with E-state index in [4.69, 9.17) is 5.73 Å². The maximum atomic E-state index is 12.8. The van der Waals surface area contributed by atoms with Crippen LogP contribution in [0, 0.1) is 5.41 Å². The summed E-state index contributed by atoms with van der Waals surface area (Å²) in [6, 6.07) is 4.70. The predicted octanol–water partition coefficient (Wildman–Crippen LogP) is 3.23. The number of hydrogen-bond donors (Lipinski definition) is 2. The van der Waals surface area contributed by atoms with E-state index in [2.05, 4.69) is 5.32 Å². The Labute approximate surface area is 134 Å². The third-order valence-electron chi connectivity index (χ3n) is 4.47. The van der Waals surface area contributed by atoms with Gasteiger partial charge in [0.25, 0.3) is 0 Å². The minimum atomic E-state index is -4.36. The van der Waals surface area contributed by atoms with Crippen LogP contribution in [0.1, 0.15) is 44.7 Å². The van der Waals surface area contributed by atoms with Crippen LogP contribution < -0.4 is 11.1 Å². The number of halogens is 3. The first-order valence-electron chi connectivity index (χ1n) is 7.67. The molecule has 0 unspecified atom stereocenters. The molecule has 0 saturated heterocycles. The highest BCUT2D eigenvalue weighted by molar-refractivity contribution is 5.82. The molecule has 1 amide bonds. The van der Waals surface area contributed by atoms with Crippen molar-refractivity contribution in [1.29, 1.82) is 0 Å². The molecular weight excluding hydrogens is 305 g/mol. The van der Waals surface area contributed by atoms with Crippen LogP contribution in [0.2, 0.25) is 0 Å². The Balaban J connectivity index is 2.08. The number of nitrogens with one attached hydrogen (secondary N) is 1. The number of carbonyl (C=O) groups excluding carboxylic acids is 1. The van der Waals surface area contributed by atoms with Crippen molar-refractivity contribution in [3.8, 4) is 0 Å². The van der Waals surface area contributed by atoms with Gasteiger partial charge in [-0.1, -0.05) is 39.0 Å². The van der Waals surface area contributed by atoms with Gasteiger partial charge in [-0.15, -0.1) is 0 Å². The summed E-state index contributed by atoms with van der Waals surface area (Å²) in [5.41, 5.74) is 5.11. The number of amides is 1. The highest BCUT2D eigenvalue weighted by Crippen LogP contribution is 2.48. The number of rotatable bonds is 4. The van der Waals surface area contributed by atoms with Crippen molar-refractivity contribution in [2.45, 2.75) is 51.2 Å². The first-order chi connectivity index (χ1) is 10.5. The standard InChI is InChI=1S/C17H23F3N2O/c1-15(2,3)13(21)14(23)22-10-16(7-8-16)11-5-4-6-12(9-11)17(18,19)20/h4-6,9,13H,7-8,10,21H2,1-3H3,(H,22,23)/t13-/m1/s1. The Kier molecular flexibility index (Phi) is 4.50. The van der Waals surface area contributed by atoms with Gasteiger partial charge in [0.1, 0.15) is 0 Å². The number of alkyl halides is 3. The minimum absolute atomic E-state index is 0.268. The van der Waals surface area contributed by atoms with Gasteiger partial charge in [-0.05, 0) is 29.9 Å². The van der Waals surface area contributed by atoms with Crippen molar-refractivity contribution >= 4 is 5.91 Å². The zero-order valence-corrected chi connectivity index (χ0v) is 13.6. The van der Waals surface area contributed by atoms with E-state index in [1.807, 2.05) is 20.8 Å². The molecule has 0 spiro atoms. The van der Waals surface area contributed by atoms with Crippen LogP contribution >= 0.6 is 0 Å². The third-order valence-corrected chi connectivity index (χ3v) is 4.47. The second-order valence-corrected chi connectivity index (χ2v) is 7.42. The van der Waals surface area contributed by atoms with Crippen LogP contribution in [-0.4, -0.2) is 18.5 Å². The van der Waals surface area contributed by atoms with E-state index in [9.17, 15) is 18.0 Å². The van der Waals surface area contributed by atoms with Gasteiger partial charge >= 0.3 is 6.18 Å². The summed E-state index contributed by atoms with van der Waals surface area (Å²) in [5.74, 6) is -0.268. The van der Waals surface area contributed by atoms with Gasteiger partial charge in [-0.3, -0.25) is 4.79 Å². The molecule has 0 radical (unpaired) electrons. The average molecular weight is 328 g/mol. The Morgan fingerprint density at radius 3 is 2.39 bits per heavy atom. The molecule has 0 aromatic heterocycles. The predicted molar refractivity (Wildman–Crippen MR) is 82.8 cm³/mol. The van der Waals surface area contributed by atoms with E-state index in [0.29, 0.717) is 12.1 Å². The number of carbonyl (C=O) groups is 1. The fourth-order valence-corrected chi connectivity index (χ4v) is 2.50. The van der Waals surface area contributed by atoms with Gasteiger partial charge in [-0.25, -0.2) is 0 Å². The molecule has 1 aliphatic carbocycles. The zero-order valence-electron chi connectivity index (χ0n) is 13.6. The third kappa shape index (κ3) is 4.05. The zero-order chi connectivity index (χ0) is 17.5. The highest BCUT2D eigenvalue weighted by Gasteiger charge is 2.45. The van der Waals surface area contributed by atoms with Crippen molar-refractivity contribution in [2.24, 2.45) is 11.1 Å². The van der Waals surface area contributed by atoms with Crippen LogP contribution in [0.25, 0.3) is 0 Å². The normalized spacial score (nSPS) is 18.4. The van der Waals surface area contributed by atoms with Gasteiger partial charge in [0.15, 0.2) is 0 Å². The van der Waals surface area contributed by atoms with E-state index in [-0.39, 0.29) is 11.3 Å². The molecule has 6 heteroatoms. The lowest BCUT2D eigenvalue weighted by atomic mass is 9.86. The number of nitrogens with two attached hydrogens (primary N) is 1. The lowest BCUT2D eigenvalue weighted by molar-refractivity contribution is -0.137. The van der Waals surface area contributed by atoms with Crippen LogP contribution in [0.15, 0.2) is 24.3 Å². The summed E-state index contributed by atoms with van der Waals surface area (Å²) in [7, 11) is 0. The van der Waals surface area contributed by atoms with Gasteiger partial charge < -0.3 is 11.1 Å². The smallest absolute Gasteiger partial charge is 0.354 e. The quantitative estimate of drug-likeness (QED) is 0.891. The van der Waals surface area contributed by atoms with Gasteiger partial charge in [-0.2, -0.15) is 13.2 Å². The van der Waals surface area contributed by atoms with Crippen molar-refractivity contribution < 1.29 is 18.0 Å². The Hall–Kier alpha value is -1.56. The molecule has 0 bridgehead atoms. The first-order valence-corrected chi connectivity index (χ1v) is 7.67. The fourth-order valence-electron chi connectivity index (χ4n) is 2.50. The highest BCUT2D eigenvalue weighted by atomic mass is 19.4. The second-order valence-electron chi connectivity index (χ2n) is 7.42. The fraction of sp³-hybridized carbons (Fsp3) is 0.588.